The van der Waals surface area contributed by atoms with Gasteiger partial charge in [0, 0.05) is 28.8 Å². The van der Waals surface area contributed by atoms with Gasteiger partial charge in [0.1, 0.15) is 6.33 Å². The molecule has 0 N–H and O–H groups in total. The Morgan fingerprint density at radius 3 is 2.37 bits per heavy atom. The van der Waals surface area contributed by atoms with E-state index in [4.69, 9.17) is 0 Å². The third kappa shape index (κ3) is 2.55. The molecule has 0 saturated heterocycles. The van der Waals surface area contributed by atoms with E-state index in [0.717, 1.165) is 12.1 Å². The zero-order chi connectivity index (χ0) is 22.9. The lowest BCUT2D eigenvalue weighted by Gasteiger charge is -2.14. The Kier molecular flexibility index (Phi) is 3.78. The van der Waals surface area contributed by atoms with Crippen molar-refractivity contribution in [3.63, 3.8) is 0 Å². The minimum atomic E-state index is 0.706. The average Bonchev–Trinajstić information content (AvgIpc) is 3.46. The fraction of sp³-hybridized carbons (Fsp3) is 0.0625. The molecule has 35 heavy (non-hydrogen) atoms. The van der Waals surface area contributed by atoms with Crippen LogP contribution in [0.2, 0.25) is 0 Å². The molecular formula is C32H21N3. The van der Waals surface area contributed by atoms with Crippen molar-refractivity contribution in [1.29, 1.82) is 0 Å². The summed E-state index contributed by atoms with van der Waals surface area (Å²) >= 11 is 0. The van der Waals surface area contributed by atoms with Gasteiger partial charge < -0.3 is 4.57 Å². The molecule has 3 heteroatoms. The number of hydrogen-bond donors (Lipinski definition) is 0. The highest BCUT2D eigenvalue weighted by Gasteiger charge is 2.28. The second-order valence-electron chi connectivity index (χ2n) is 9.43. The van der Waals surface area contributed by atoms with Crippen LogP contribution in [-0.4, -0.2) is 14.5 Å². The lowest BCUT2D eigenvalue weighted by atomic mass is 9.93. The van der Waals surface area contributed by atoms with Crippen LogP contribution in [0, 0.1) is 0 Å². The summed E-state index contributed by atoms with van der Waals surface area (Å²) in [6.45, 7) is 0.706. The highest BCUT2D eigenvalue weighted by Crippen LogP contribution is 2.49. The number of fused-ring (bicyclic) bond motifs is 12. The summed E-state index contributed by atoms with van der Waals surface area (Å²) in [5.74, 6) is 0. The van der Waals surface area contributed by atoms with Gasteiger partial charge in [0.05, 0.1) is 23.3 Å². The van der Waals surface area contributed by atoms with Gasteiger partial charge in [-0.2, -0.15) is 0 Å². The predicted octanol–water partition coefficient (Wildman–Crippen LogP) is 7.51. The molecule has 0 atom stereocenters. The van der Waals surface area contributed by atoms with Gasteiger partial charge in [-0.05, 0) is 44.5 Å². The first-order chi connectivity index (χ1) is 17.4. The van der Waals surface area contributed by atoms with Crippen molar-refractivity contribution in [1.82, 2.24) is 14.5 Å². The molecule has 0 radical (unpaired) electrons. The first kappa shape index (κ1) is 18.9. The molecule has 5 aromatic carbocycles. The third-order valence-corrected chi connectivity index (χ3v) is 7.62. The van der Waals surface area contributed by atoms with E-state index >= 15 is 0 Å². The van der Waals surface area contributed by atoms with Crippen molar-refractivity contribution in [2.75, 3.05) is 0 Å². The molecular weight excluding hydrogens is 426 g/mol. The molecule has 0 bridgehead atoms. The molecule has 164 valence electrons. The molecule has 2 heterocycles. The van der Waals surface area contributed by atoms with Gasteiger partial charge in [-0.15, -0.1) is 0 Å². The standard InChI is InChI=1S/C32H21N3/c1-4-10-24-20(7-1)13-14-27-30-26-12-6-5-11-25(26)29-23-9-3-2-8-21(23)17-28(29)32(30)35(31(24)27)18-22-15-16-33-19-34-22/h1-16,19H,17-18H2. The van der Waals surface area contributed by atoms with E-state index in [9.17, 15) is 0 Å². The summed E-state index contributed by atoms with van der Waals surface area (Å²) in [4.78, 5) is 8.77. The molecule has 0 aliphatic heterocycles. The van der Waals surface area contributed by atoms with Crippen molar-refractivity contribution in [3.8, 4) is 11.1 Å². The van der Waals surface area contributed by atoms with E-state index in [0.29, 0.717) is 6.54 Å². The molecule has 8 rings (SSSR count). The number of nitrogens with zero attached hydrogens (tertiary/aromatic N) is 3. The monoisotopic (exact) mass is 447 g/mol. The van der Waals surface area contributed by atoms with Crippen molar-refractivity contribution < 1.29 is 0 Å². The molecule has 0 amide bonds. The summed E-state index contributed by atoms with van der Waals surface area (Å²) in [6, 6.07) is 33.2. The summed E-state index contributed by atoms with van der Waals surface area (Å²) in [5.41, 5.74) is 9.22. The van der Waals surface area contributed by atoms with Crippen molar-refractivity contribution in [2.24, 2.45) is 0 Å². The normalized spacial score (nSPS) is 12.6. The number of benzene rings is 5. The van der Waals surface area contributed by atoms with E-state index in [2.05, 4.69) is 99.5 Å². The van der Waals surface area contributed by atoms with Crippen LogP contribution < -0.4 is 0 Å². The van der Waals surface area contributed by atoms with Gasteiger partial charge in [0.2, 0.25) is 0 Å². The zero-order valence-electron chi connectivity index (χ0n) is 19.1. The van der Waals surface area contributed by atoms with Crippen molar-refractivity contribution >= 4 is 43.4 Å². The van der Waals surface area contributed by atoms with Gasteiger partial charge in [-0.25, -0.2) is 9.97 Å². The average molecular weight is 448 g/mol. The predicted molar refractivity (Wildman–Crippen MR) is 144 cm³/mol. The summed E-state index contributed by atoms with van der Waals surface area (Å²) in [6.07, 6.45) is 4.44. The van der Waals surface area contributed by atoms with Crippen LogP contribution in [0.4, 0.5) is 0 Å². The highest BCUT2D eigenvalue weighted by molar-refractivity contribution is 6.29. The third-order valence-electron chi connectivity index (χ3n) is 7.62. The van der Waals surface area contributed by atoms with Gasteiger partial charge in [-0.1, -0.05) is 84.9 Å². The maximum atomic E-state index is 4.61. The number of aromatic nitrogens is 3. The van der Waals surface area contributed by atoms with Gasteiger partial charge in [0.25, 0.3) is 0 Å². The van der Waals surface area contributed by atoms with E-state index < -0.39 is 0 Å². The van der Waals surface area contributed by atoms with Crippen molar-refractivity contribution in [3.05, 3.63) is 120 Å². The summed E-state index contributed by atoms with van der Waals surface area (Å²) < 4.78 is 2.52. The van der Waals surface area contributed by atoms with E-state index in [-0.39, 0.29) is 0 Å². The van der Waals surface area contributed by atoms with Gasteiger partial charge in [-0.3, -0.25) is 0 Å². The molecule has 0 unspecified atom stereocenters. The highest BCUT2D eigenvalue weighted by atomic mass is 15.0. The Morgan fingerprint density at radius 1 is 0.686 bits per heavy atom. The Morgan fingerprint density at radius 2 is 1.49 bits per heavy atom. The van der Waals surface area contributed by atoms with Crippen LogP contribution in [0.3, 0.4) is 0 Å². The Hall–Kier alpha value is -4.50. The Bertz CT molecular complexity index is 1950. The van der Waals surface area contributed by atoms with Crippen LogP contribution in [0.15, 0.2) is 104 Å². The lowest BCUT2D eigenvalue weighted by molar-refractivity contribution is 0.826. The van der Waals surface area contributed by atoms with Crippen LogP contribution in [0.25, 0.3) is 54.5 Å². The maximum Gasteiger partial charge on any atom is 0.115 e. The molecule has 0 fully saturated rings. The van der Waals surface area contributed by atoms with Crippen molar-refractivity contribution in [2.45, 2.75) is 13.0 Å². The van der Waals surface area contributed by atoms with E-state index in [1.807, 2.05) is 12.3 Å². The Balaban J connectivity index is 1.63. The Labute approximate surface area is 202 Å². The second-order valence-corrected chi connectivity index (χ2v) is 9.43. The van der Waals surface area contributed by atoms with Crippen LogP contribution in [0.1, 0.15) is 16.8 Å². The molecule has 1 aliphatic carbocycles. The molecule has 2 aromatic heterocycles. The molecule has 1 aliphatic rings. The number of hydrogen-bond acceptors (Lipinski definition) is 2. The minimum absolute atomic E-state index is 0.706. The quantitative estimate of drug-likeness (QED) is 0.274. The van der Waals surface area contributed by atoms with E-state index in [1.54, 1.807) is 6.33 Å². The second kappa shape index (κ2) is 7.00. The van der Waals surface area contributed by atoms with Crippen LogP contribution in [0.5, 0.6) is 0 Å². The topological polar surface area (TPSA) is 30.7 Å². The molecule has 0 saturated carbocycles. The lowest BCUT2D eigenvalue weighted by Crippen LogP contribution is -2.04. The first-order valence-electron chi connectivity index (χ1n) is 12.1. The van der Waals surface area contributed by atoms with E-state index in [1.165, 1.54) is 65.6 Å². The van der Waals surface area contributed by atoms with Crippen LogP contribution in [-0.2, 0) is 13.0 Å². The summed E-state index contributed by atoms with van der Waals surface area (Å²) in [7, 11) is 0. The fourth-order valence-corrected chi connectivity index (χ4v) is 6.23. The molecule has 3 nitrogen and oxygen atoms in total. The van der Waals surface area contributed by atoms with Gasteiger partial charge >= 0.3 is 0 Å². The largest absolute Gasteiger partial charge is 0.334 e. The fourth-order valence-electron chi connectivity index (χ4n) is 6.23. The molecule has 7 aromatic rings. The van der Waals surface area contributed by atoms with Crippen LogP contribution >= 0.6 is 0 Å². The summed E-state index contributed by atoms with van der Waals surface area (Å²) in [5, 5.41) is 7.86. The van der Waals surface area contributed by atoms with Gasteiger partial charge in [0.15, 0.2) is 0 Å². The first-order valence-corrected chi connectivity index (χ1v) is 12.1. The minimum Gasteiger partial charge on any atom is -0.334 e. The number of rotatable bonds is 2. The smallest absolute Gasteiger partial charge is 0.115 e. The zero-order valence-corrected chi connectivity index (χ0v) is 19.1. The SMILES string of the molecule is c1ccc2c(c1)Cc1c-2c2ccccc2c2c3ccc4ccccc4c3n(Cc3ccncn3)c12. The molecule has 0 spiro atoms. The maximum absolute atomic E-state index is 4.61.